The van der Waals surface area contributed by atoms with Crippen LogP contribution >= 0.6 is 23.2 Å². The average molecular weight is 279 g/mol. The summed E-state index contributed by atoms with van der Waals surface area (Å²) in [7, 11) is 0. The predicted octanol–water partition coefficient (Wildman–Crippen LogP) is 5.06. The van der Waals surface area contributed by atoms with Crippen LogP contribution in [0.15, 0.2) is 42.5 Å². The molecule has 1 unspecified atom stereocenters. The Morgan fingerprint density at radius 3 is 2.44 bits per heavy atom. The summed E-state index contributed by atoms with van der Waals surface area (Å²) in [4.78, 5) is 0. The zero-order valence-corrected chi connectivity index (χ0v) is 11.2. The summed E-state index contributed by atoms with van der Waals surface area (Å²) >= 11 is 11.9. The normalized spacial score (nSPS) is 18.0. The van der Waals surface area contributed by atoms with Crippen molar-refractivity contribution in [2.75, 3.05) is 0 Å². The molecule has 0 bridgehead atoms. The lowest BCUT2D eigenvalue weighted by Gasteiger charge is -2.26. The number of ether oxygens (including phenoxy) is 1. The molecule has 3 rings (SSSR count). The van der Waals surface area contributed by atoms with Gasteiger partial charge in [-0.05, 0) is 48.2 Å². The monoisotopic (exact) mass is 278 g/mol. The van der Waals surface area contributed by atoms with E-state index in [1.54, 1.807) is 0 Å². The third-order valence-electron chi connectivity index (χ3n) is 3.22. The van der Waals surface area contributed by atoms with Crippen LogP contribution in [0, 0.1) is 0 Å². The van der Waals surface area contributed by atoms with Crippen molar-refractivity contribution < 1.29 is 4.74 Å². The molecule has 0 radical (unpaired) electrons. The zero-order valence-electron chi connectivity index (χ0n) is 9.70. The van der Waals surface area contributed by atoms with E-state index in [9.17, 15) is 0 Å². The molecular formula is C15H12Cl2O. The lowest BCUT2D eigenvalue weighted by atomic mass is 9.97. The fourth-order valence-electron chi connectivity index (χ4n) is 2.26. The van der Waals surface area contributed by atoms with Gasteiger partial charge in [-0.2, -0.15) is 0 Å². The van der Waals surface area contributed by atoms with Crippen LogP contribution in [0.25, 0.3) is 0 Å². The third-order valence-corrected chi connectivity index (χ3v) is 3.70. The van der Waals surface area contributed by atoms with E-state index in [1.165, 1.54) is 5.56 Å². The first kappa shape index (κ1) is 11.9. The van der Waals surface area contributed by atoms with Crippen LogP contribution in [0.5, 0.6) is 5.75 Å². The smallest absolute Gasteiger partial charge is 0.124 e. The van der Waals surface area contributed by atoms with E-state index < -0.39 is 0 Å². The van der Waals surface area contributed by atoms with E-state index in [4.69, 9.17) is 27.9 Å². The van der Waals surface area contributed by atoms with Crippen LogP contribution < -0.4 is 4.74 Å². The molecule has 2 aromatic carbocycles. The van der Waals surface area contributed by atoms with E-state index in [2.05, 4.69) is 0 Å². The molecule has 0 saturated carbocycles. The molecule has 1 aliphatic heterocycles. The van der Waals surface area contributed by atoms with Gasteiger partial charge in [0.25, 0.3) is 0 Å². The minimum absolute atomic E-state index is 0.0910. The van der Waals surface area contributed by atoms with Gasteiger partial charge in [0, 0.05) is 10.0 Å². The highest BCUT2D eigenvalue weighted by Crippen LogP contribution is 2.36. The molecule has 1 nitrogen and oxygen atoms in total. The Kier molecular flexibility index (Phi) is 3.19. The quantitative estimate of drug-likeness (QED) is 0.709. The van der Waals surface area contributed by atoms with Crippen LogP contribution in [0.1, 0.15) is 23.7 Å². The van der Waals surface area contributed by atoms with E-state index in [0.29, 0.717) is 5.02 Å². The average Bonchev–Trinajstić information content (AvgIpc) is 2.38. The van der Waals surface area contributed by atoms with E-state index >= 15 is 0 Å². The predicted molar refractivity (Wildman–Crippen MR) is 74.6 cm³/mol. The van der Waals surface area contributed by atoms with Gasteiger partial charge in [-0.3, -0.25) is 0 Å². The molecule has 0 saturated heterocycles. The molecule has 0 amide bonds. The van der Waals surface area contributed by atoms with Gasteiger partial charge in [0.2, 0.25) is 0 Å². The van der Waals surface area contributed by atoms with E-state index in [-0.39, 0.29) is 6.10 Å². The molecule has 0 fully saturated rings. The highest BCUT2D eigenvalue weighted by Gasteiger charge is 2.21. The maximum Gasteiger partial charge on any atom is 0.124 e. The summed E-state index contributed by atoms with van der Waals surface area (Å²) in [6.07, 6.45) is 2.09. The summed E-state index contributed by atoms with van der Waals surface area (Å²) in [6, 6.07) is 13.7. The second-order valence-electron chi connectivity index (χ2n) is 4.45. The fraction of sp³-hybridized carbons (Fsp3) is 0.200. The topological polar surface area (TPSA) is 9.23 Å². The summed E-state index contributed by atoms with van der Waals surface area (Å²) in [6.45, 7) is 0. The Morgan fingerprint density at radius 2 is 1.67 bits per heavy atom. The number of rotatable bonds is 1. The van der Waals surface area contributed by atoms with E-state index in [1.807, 2.05) is 42.5 Å². The van der Waals surface area contributed by atoms with Crippen LogP contribution in [0.3, 0.4) is 0 Å². The molecule has 3 heteroatoms. The Morgan fingerprint density at radius 1 is 0.944 bits per heavy atom. The maximum absolute atomic E-state index is 6.01. The van der Waals surface area contributed by atoms with Crippen LogP contribution in [0.2, 0.25) is 10.0 Å². The molecule has 0 aromatic heterocycles. The largest absolute Gasteiger partial charge is 0.485 e. The molecule has 92 valence electrons. The van der Waals surface area contributed by atoms with Gasteiger partial charge in [0.1, 0.15) is 11.9 Å². The minimum Gasteiger partial charge on any atom is -0.485 e. The van der Waals surface area contributed by atoms with Crippen molar-refractivity contribution in [2.45, 2.75) is 18.9 Å². The minimum atomic E-state index is 0.0910. The van der Waals surface area contributed by atoms with Crippen LogP contribution in [-0.4, -0.2) is 0 Å². The molecule has 1 aliphatic rings. The van der Waals surface area contributed by atoms with Crippen molar-refractivity contribution in [2.24, 2.45) is 0 Å². The fourth-order valence-corrected chi connectivity index (χ4v) is 2.54. The number of hydrogen-bond acceptors (Lipinski definition) is 1. The summed E-state index contributed by atoms with van der Waals surface area (Å²) in [5, 5.41) is 1.46. The van der Waals surface area contributed by atoms with Crippen molar-refractivity contribution in [3.8, 4) is 5.75 Å². The Labute approximate surface area is 116 Å². The lowest BCUT2D eigenvalue weighted by Crippen LogP contribution is -2.14. The molecule has 2 aromatic rings. The van der Waals surface area contributed by atoms with Gasteiger partial charge >= 0.3 is 0 Å². The molecule has 0 N–H and O–H groups in total. The standard InChI is InChI=1S/C15H12Cl2O/c16-12-5-1-10(2-6-12)14-8-4-11-3-7-13(17)9-15(11)18-14/h1-3,5-7,9,14H,4,8H2. The summed E-state index contributed by atoms with van der Waals surface area (Å²) < 4.78 is 6.01. The van der Waals surface area contributed by atoms with Gasteiger partial charge in [-0.25, -0.2) is 0 Å². The van der Waals surface area contributed by atoms with Crippen molar-refractivity contribution in [1.29, 1.82) is 0 Å². The van der Waals surface area contributed by atoms with Gasteiger partial charge in [0.05, 0.1) is 0 Å². The molecular weight excluding hydrogens is 267 g/mol. The second-order valence-corrected chi connectivity index (χ2v) is 5.32. The van der Waals surface area contributed by atoms with Crippen molar-refractivity contribution in [1.82, 2.24) is 0 Å². The van der Waals surface area contributed by atoms with Crippen LogP contribution in [0.4, 0.5) is 0 Å². The summed E-state index contributed by atoms with van der Waals surface area (Å²) in [5.74, 6) is 0.897. The maximum atomic E-state index is 6.01. The molecule has 0 aliphatic carbocycles. The highest BCUT2D eigenvalue weighted by atomic mass is 35.5. The molecule has 0 spiro atoms. The SMILES string of the molecule is Clc1ccc(C2CCc3ccc(Cl)cc3O2)cc1. The van der Waals surface area contributed by atoms with Crippen molar-refractivity contribution >= 4 is 23.2 Å². The van der Waals surface area contributed by atoms with E-state index in [0.717, 1.165) is 29.2 Å². The lowest BCUT2D eigenvalue weighted by molar-refractivity contribution is 0.176. The van der Waals surface area contributed by atoms with Gasteiger partial charge in [-0.15, -0.1) is 0 Å². The van der Waals surface area contributed by atoms with Gasteiger partial charge in [0.15, 0.2) is 0 Å². The number of benzene rings is 2. The highest BCUT2D eigenvalue weighted by molar-refractivity contribution is 6.30. The Hall–Kier alpha value is -1.18. The number of aryl methyl sites for hydroxylation is 1. The first-order valence-electron chi connectivity index (χ1n) is 5.93. The first-order chi connectivity index (χ1) is 8.72. The first-order valence-corrected chi connectivity index (χ1v) is 6.68. The van der Waals surface area contributed by atoms with Gasteiger partial charge < -0.3 is 4.74 Å². The Bertz CT molecular complexity index is 563. The van der Waals surface area contributed by atoms with Crippen molar-refractivity contribution in [3.63, 3.8) is 0 Å². The number of hydrogen-bond donors (Lipinski definition) is 0. The number of halogens is 2. The molecule has 18 heavy (non-hydrogen) atoms. The second kappa shape index (κ2) is 4.83. The zero-order chi connectivity index (χ0) is 12.5. The molecule has 1 atom stereocenters. The summed E-state index contributed by atoms with van der Waals surface area (Å²) in [5.41, 5.74) is 2.38. The number of fused-ring (bicyclic) bond motifs is 1. The Balaban J connectivity index is 1.88. The van der Waals surface area contributed by atoms with Gasteiger partial charge in [-0.1, -0.05) is 41.4 Å². The van der Waals surface area contributed by atoms with Crippen molar-refractivity contribution in [3.05, 3.63) is 63.6 Å². The van der Waals surface area contributed by atoms with Crippen LogP contribution in [-0.2, 0) is 6.42 Å². The molecule has 1 heterocycles. The third kappa shape index (κ3) is 2.33.